The topological polar surface area (TPSA) is 64.3 Å². The van der Waals surface area contributed by atoms with E-state index in [1.807, 2.05) is 18.2 Å². The molecule has 1 aromatic carbocycles. The van der Waals surface area contributed by atoms with Crippen LogP contribution in [0.4, 0.5) is 5.69 Å². The summed E-state index contributed by atoms with van der Waals surface area (Å²) in [6, 6.07) is 12.5. The van der Waals surface area contributed by atoms with Gasteiger partial charge in [-0.25, -0.2) is 0 Å². The number of pyridine rings is 2. The van der Waals surface area contributed by atoms with Crippen LogP contribution in [-0.2, 0) is 39.9 Å². The number of carbonyl (C=O) groups excluding carboxylic acids is 1. The Kier molecular flexibility index (Phi) is 4.48. The monoisotopic (exact) mass is 437 g/mol. The van der Waals surface area contributed by atoms with Gasteiger partial charge in [0.25, 0.3) is 17.0 Å². The fourth-order valence-corrected chi connectivity index (χ4v) is 8.42. The lowest BCUT2D eigenvalue weighted by Crippen LogP contribution is -2.41. The highest BCUT2D eigenvalue weighted by atomic mass is 32.8. The van der Waals surface area contributed by atoms with Crippen molar-refractivity contribution in [2.24, 2.45) is 14.1 Å². The van der Waals surface area contributed by atoms with Crippen LogP contribution in [0.5, 0.6) is 0 Å². The first-order valence-corrected chi connectivity index (χ1v) is 12.2. The second kappa shape index (κ2) is 7.07. The highest BCUT2D eigenvalue weighted by Crippen LogP contribution is 2.37. The van der Waals surface area contributed by atoms with E-state index in [4.69, 9.17) is 0 Å². The number of benzene rings is 1. The fourth-order valence-electron chi connectivity index (χ4n) is 3.71. The number of anilines is 1. The first-order valence-electron chi connectivity index (χ1n) is 9.50. The fraction of sp³-hybridized carbons (Fsp3) is 0.182. The molecule has 5 rings (SSSR count). The molecule has 3 aromatic rings. The van der Waals surface area contributed by atoms with Crippen molar-refractivity contribution < 1.29 is 4.79 Å². The normalized spacial score (nSPS) is 16.9. The third-order valence-electron chi connectivity index (χ3n) is 5.39. The zero-order chi connectivity index (χ0) is 21.0. The number of amides is 1. The number of aryl methyl sites for hydroxylation is 3. The molecule has 1 atom stereocenters. The van der Waals surface area contributed by atoms with Gasteiger partial charge in [-0.05, 0) is 30.2 Å². The molecule has 1 unspecified atom stereocenters. The van der Waals surface area contributed by atoms with Crippen molar-refractivity contribution in [3.05, 3.63) is 92.3 Å². The number of aromatic nitrogens is 2. The van der Waals surface area contributed by atoms with E-state index in [1.54, 1.807) is 53.4 Å². The molecule has 0 saturated carbocycles. The van der Waals surface area contributed by atoms with Crippen LogP contribution in [-0.4, -0.2) is 25.8 Å². The molecule has 0 spiro atoms. The largest absolute Gasteiger partial charge is 0.319 e. The zero-order valence-electron chi connectivity index (χ0n) is 16.5. The minimum absolute atomic E-state index is 0.0671. The minimum Gasteiger partial charge on any atom is -0.319 e. The van der Waals surface area contributed by atoms with E-state index in [9.17, 15) is 14.4 Å². The van der Waals surface area contributed by atoms with Crippen LogP contribution in [0, 0.1) is 0 Å². The lowest BCUT2D eigenvalue weighted by molar-refractivity contribution is 0.100. The molecule has 2 aliphatic rings. The summed E-state index contributed by atoms with van der Waals surface area (Å²) in [5.74, 6) is 0.763. The molecule has 0 aliphatic carbocycles. The van der Waals surface area contributed by atoms with Gasteiger partial charge in [-0.15, -0.1) is 0 Å². The van der Waals surface area contributed by atoms with Crippen LogP contribution < -0.4 is 16.0 Å². The molecule has 0 N–H and O–H groups in total. The van der Waals surface area contributed by atoms with Crippen molar-refractivity contribution in [3.8, 4) is 0 Å². The van der Waals surface area contributed by atoms with Gasteiger partial charge in [0, 0.05) is 60.4 Å². The number of carbonyl (C=O) groups is 1. The Bertz CT molecular complexity index is 1430. The first kappa shape index (κ1) is 19.0. The van der Waals surface area contributed by atoms with Crippen LogP contribution >= 0.6 is 0 Å². The summed E-state index contributed by atoms with van der Waals surface area (Å²) >= 11 is 0. The van der Waals surface area contributed by atoms with Crippen molar-refractivity contribution in [1.29, 1.82) is 0 Å². The molecule has 30 heavy (non-hydrogen) atoms. The van der Waals surface area contributed by atoms with E-state index in [0.29, 0.717) is 5.56 Å². The Morgan fingerprint density at radius 2 is 1.73 bits per heavy atom. The molecule has 152 valence electrons. The molecule has 0 saturated heterocycles. The molecule has 6 nitrogen and oxygen atoms in total. The minimum atomic E-state index is -0.264. The number of nitrogens with zero attached hydrogens (tertiary/aromatic N) is 3. The summed E-state index contributed by atoms with van der Waals surface area (Å²) in [4.78, 5) is 41.8. The van der Waals surface area contributed by atoms with Gasteiger partial charge in [0.15, 0.2) is 0 Å². The van der Waals surface area contributed by atoms with Gasteiger partial charge in [0.05, 0.1) is 5.69 Å². The van der Waals surface area contributed by atoms with Gasteiger partial charge < -0.3 is 9.13 Å². The summed E-state index contributed by atoms with van der Waals surface area (Å²) in [6.07, 6.45) is 4.30. The van der Waals surface area contributed by atoms with Crippen molar-refractivity contribution in [2.75, 3.05) is 10.7 Å². The Morgan fingerprint density at radius 1 is 1.00 bits per heavy atom. The van der Waals surface area contributed by atoms with Gasteiger partial charge in [0.1, 0.15) is 4.99 Å². The lowest BCUT2D eigenvalue weighted by atomic mass is 10.1. The second-order valence-corrected chi connectivity index (χ2v) is 11.1. The van der Waals surface area contributed by atoms with E-state index < -0.39 is 0 Å². The molecule has 4 heterocycles. The average molecular weight is 438 g/mol. The standard InChI is InChI=1S/C22H19N3O3S2/c1-23-9-6-15(12-18(23)26)21(28)25-17-5-3-4-14-8-11-30(20(14)17)29-22(25)16-7-10-24(2)19(27)13-16/h3-7,9-10,12-13H,8,11H2,1-2H3. The molecule has 1 amide bonds. The van der Waals surface area contributed by atoms with Crippen LogP contribution in [0.3, 0.4) is 0 Å². The SMILES string of the molecule is Cn1ccc(C(=O)N2C(c3ccn(C)c(=O)c3)=S=S3CCc4cccc2c43)cc1=O. The van der Waals surface area contributed by atoms with E-state index in [2.05, 4.69) is 6.07 Å². The highest BCUT2D eigenvalue weighted by Gasteiger charge is 2.32. The van der Waals surface area contributed by atoms with Crippen LogP contribution in [0.1, 0.15) is 21.5 Å². The van der Waals surface area contributed by atoms with Crippen LogP contribution in [0.2, 0.25) is 0 Å². The summed E-state index contributed by atoms with van der Waals surface area (Å²) in [5.41, 5.74) is 2.81. The van der Waals surface area contributed by atoms with Crippen LogP contribution in [0.15, 0.2) is 69.3 Å². The van der Waals surface area contributed by atoms with E-state index >= 15 is 0 Å². The first-order chi connectivity index (χ1) is 14.4. The summed E-state index contributed by atoms with van der Waals surface area (Å²) in [5, 5.41) is 0. The number of hydrogen-bond acceptors (Lipinski definition) is 3. The average Bonchev–Trinajstić information content (AvgIpc) is 3.16. The summed E-state index contributed by atoms with van der Waals surface area (Å²) < 4.78 is 2.94. The molecule has 0 radical (unpaired) electrons. The molecule has 0 fully saturated rings. The van der Waals surface area contributed by atoms with Crippen LogP contribution in [0.25, 0.3) is 0 Å². The maximum absolute atomic E-state index is 13.7. The van der Waals surface area contributed by atoms with Crippen molar-refractivity contribution >= 4 is 35.9 Å². The quantitative estimate of drug-likeness (QED) is 0.570. The zero-order valence-corrected chi connectivity index (χ0v) is 18.1. The number of rotatable bonds is 2. The third kappa shape index (κ3) is 2.95. The Labute approximate surface area is 178 Å². The molecule has 8 heteroatoms. The van der Waals surface area contributed by atoms with Crippen molar-refractivity contribution in [1.82, 2.24) is 9.13 Å². The smallest absolute Gasteiger partial charge is 0.263 e. The third-order valence-corrected chi connectivity index (χ3v) is 9.75. The summed E-state index contributed by atoms with van der Waals surface area (Å²) in [6.45, 7) is 0. The van der Waals surface area contributed by atoms with Gasteiger partial charge in [0.2, 0.25) is 0 Å². The molecule has 2 aromatic heterocycles. The van der Waals surface area contributed by atoms with E-state index in [-0.39, 0.29) is 26.5 Å². The molecular formula is C22H19N3O3S2. The molecular weight excluding hydrogens is 418 g/mol. The van der Waals surface area contributed by atoms with Gasteiger partial charge in [-0.1, -0.05) is 31.5 Å². The molecule has 2 aliphatic heterocycles. The highest BCUT2D eigenvalue weighted by molar-refractivity contribution is 8.35. The van der Waals surface area contributed by atoms with Gasteiger partial charge >= 0.3 is 0 Å². The van der Waals surface area contributed by atoms with Gasteiger partial charge in [-0.2, -0.15) is 0 Å². The Morgan fingerprint density at radius 3 is 2.47 bits per heavy atom. The van der Waals surface area contributed by atoms with Crippen molar-refractivity contribution in [2.45, 2.75) is 11.3 Å². The predicted molar refractivity (Wildman–Crippen MR) is 122 cm³/mol. The maximum atomic E-state index is 13.7. The van der Waals surface area contributed by atoms with E-state index in [0.717, 1.165) is 28.4 Å². The van der Waals surface area contributed by atoms with E-state index in [1.165, 1.54) is 25.7 Å². The lowest BCUT2D eigenvalue weighted by Gasteiger charge is -2.29. The van der Waals surface area contributed by atoms with Crippen molar-refractivity contribution in [3.63, 3.8) is 0 Å². The predicted octanol–water partition coefficient (Wildman–Crippen LogP) is 1.45. The molecule has 0 bridgehead atoms. The number of hydrogen-bond donors (Lipinski definition) is 0. The second-order valence-electron chi connectivity index (χ2n) is 7.32. The maximum Gasteiger partial charge on any atom is 0.263 e. The van der Waals surface area contributed by atoms with Gasteiger partial charge in [-0.3, -0.25) is 19.3 Å². The Balaban J connectivity index is 1.77. The summed E-state index contributed by atoms with van der Waals surface area (Å²) in [7, 11) is 4.94. The Hall–Kier alpha value is -2.97.